The van der Waals surface area contributed by atoms with Gasteiger partial charge in [-0.1, -0.05) is 35.9 Å². The number of hydrogen-bond acceptors (Lipinski definition) is 3. The number of halogens is 1. The molecule has 0 atom stereocenters. The van der Waals surface area contributed by atoms with E-state index in [4.69, 9.17) is 16.3 Å². The second-order valence-corrected chi connectivity index (χ2v) is 6.34. The summed E-state index contributed by atoms with van der Waals surface area (Å²) in [5.41, 5.74) is 3.53. The Bertz CT molecular complexity index is 742. The molecule has 0 fully saturated rings. The number of nitrogens with zero attached hydrogens (tertiary/aromatic N) is 1. The molecule has 23 heavy (non-hydrogen) atoms. The fourth-order valence-corrected chi connectivity index (χ4v) is 3.27. The van der Waals surface area contributed by atoms with Crippen molar-refractivity contribution in [1.82, 2.24) is 4.90 Å². The molecule has 0 spiro atoms. The number of carbonyl (C=O) groups is 1. The van der Waals surface area contributed by atoms with Crippen LogP contribution in [0.1, 0.15) is 27.0 Å². The number of rotatable bonds is 1. The minimum atomic E-state index is 0.0510. The van der Waals surface area contributed by atoms with Crippen LogP contribution in [-0.2, 0) is 12.8 Å². The van der Waals surface area contributed by atoms with Gasteiger partial charge in [0.05, 0.1) is 12.1 Å². The molecule has 0 radical (unpaired) electrons. The SMILES string of the molecule is COc1cc2c(cc1Cl)CCN(C)CCc1ccccc1C2=O. The minimum absolute atomic E-state index is 0.0510. The van der Waals surface area contributed by atoms with Gasteiger partial charge in [-0.25, -0.2) is 0 Å². The number of benzene rings is 2. The summed E-state index contributed by atoms with van der Waals surface area (Å²) < 4.78 is 5.30. The quantitative estimate of drug-likeness (QED) is 0.800. The Labute approximate surface area is 141 Å². The van der Waals surface area contributed by atoms with Gasteiger partial charge in [0.2, 0.25) is 0 Å². The van der Waals surface area contributed by atoms with Crippen molar-refractivity contribution in [1.29, 1.82) is 0 Å². The maximum absolute atomic E-state index is 13.1. The molecule has 4 heteroatoms. The Hall–Kier alpha value is -1.84. The predicted octanol–water partition coefficient (Wildman–Crippen LogP) is 3.61. The van der Waals surface area contributed by atoms with Crippen molar-refractivity contribution in [3.05, 3.63) is 63.7 Å². The van der Waals surface area contributed by atoms with Crippen molar-refractivity contribution in [2.24, 2.45) is 0 Å². The maximum atomic E-state index is 13.1. The van der Waals surface area contributed by atoms with Gasteiger partial charge in [0.1, 0.15) is 5.75 Å². The van der Waals surface area contributed by atoms with Crippen LogP contribution in [0, 0.1) is 0 Å². The molecule has 0 aliphatic carbocycles. The Morgan fingerprint density at radius 3 is 2.48 bits per heavy atom. The van der Waals surface area contributed by atoms with Crippen LogP contribution >= 0.6 is 11.6 Å². The van der Waals surface area contributed by atoms with E-state index >= 15 is 0 Å². The fraction of sp³-hybridized carbons (Fsp3) is 0.316. The topological polar surface area (TPSA) is 29.5 Å². The molecule has 1 aliphatic heterocycles. The van der Waals surface area contributed by atoms with Gasteiger partial charge in [0, 0.05) is 24.2 Å². The van der Waals surface area contributed by atoms with Crippen molar-refractivity contribution in [3.8, 4) is 5.75 Å². The molecule has 0 aromatic heterocycles. The van der Waals surface area contributed by atoms with Gasteiger partial charge in [-0.2, -0.15) is 0 Å². The molecular weight excluding hydrogens is 310 g/mol. The number of ketones is 1. The van der Waals surface area contributed by atoms with Crippen molar-refractivity contribution in [3.63, 3.8) is 0 Å². The van der Waals surface area contributed by atoms with Crippen LogP contribution in [0.4, 0.5) is 0 Å². The van der Waals surface area contributed by atoms with Crippen molar-refractivity contribution in [2.45, 2.75) is 12.8 Å². The van der Waals surface area contributed by atoms with Crippen LogP contribution in [0.3, 0.4) is 0 Å². The molecule has 2 aromatic carbocycles. The lowest BCUT2D eigenvalue weighted by atomic mass is 9.91. The highest BCUT2D eigenvalue weighted by atomic mass is 35.5. The van der Waals surface area contributed by atoms with Crippen LogP contribution in [0.25, 0.3) is 0 Å². The standard InChI is InChI=1S/C19H20ClNO2/c1-21-9-7-13-5-3-4-6-15(13)19(22)16-12-18(23-2)17(20)11-14(16)8-10-21/h3-6,11-12H,7-10H2,1-2H3. The van der Waals surface area contributed by atoms with Gasteiger partial charge in [-0.15, -0.1) is 0 Å². The average Bonchev–Trinajstić information content (AvgIpc) is 2.57. The molecular formula is C19H20ClNO2. The molecule has 2 aromatic rings. The molecule has 0 amide bonds. The second kappa shape index (κ2) is 6.73. The van der Waals surface area contributed by atoms with Gasteiger partial charge in [-0.3, -0.25) is 4.79 Å². The van der Waals surface area contributed by atoms with Gasteiger partial charge >= 0.3 is 0 Å². The molecule has 0 N–H and O–H groups in total. The smallest absolute Gasteiger partial charge is 0.193 e. The Morgan fingerprint density at radius 2 is 1.74 bits per heavy atom. The Kier molecular flexibility index (Phi) is 4.69. The first-order chi connectivity index (χ1) is 11.1. The zero-order valence-corrected chi connectivity index (χ0v) is 14.2. The largest absolute Gasteiger partial charge is 0.495 e. The lowest BCUT2D eigenvalue weighted by Gasteiger charge is -2.21. The Balaban J connectivity index is 2.16. The summed E-state index contributed by atoms with van der Waals surface area (Å²) in [4.78, 5) is 15.4. The van der Waals surface area contributed by atoms with Crippen molar-refractivity contribution >= 4 is 17.4 Å². The minimum Gasteiger partial charge on any atom is -0.495 e. The molecule has 1 aliphatic rings. The second-order valence-electron chi connectivity index (χ2n) is 5.93. The van der Waals surface area contributed by atoms with E-state index in [9.17, 15) is 4.79 Å². The summed E-state index contributed by atoms with van der Waals surface area (Å²) in [5, 5.41) is 0.548. The van der Waals surface area contributed by atoms with E-state index in [2.05, 4.69) is 11.9 Å². The number of methoxy groups -OCH3 is 1. The third-order valence-corrected chi connectivity index (χ3v) is 4.71. The summed E-state index contributed by atoms with van der Waals surface area (Å²) in [6.07, 6.45) is 1.67. The number of ether oxygens (including phenoxy) is 1. The molecule has 0 unspecified atom stereocenters. The van der Waals surface area contributed by atoms with Gasteiger partial charge in [0.15, 0.2) is 5.78 Å². The van der Waals surface area contributed by atoms with E-state index in [1.807, 2.05) is 30.3 Å². The molecule has 0 saturated carbocycles. The summed E-state index contributed by atoms with van der Waals surface area (Å²) in [5.74, 6) is 0.594. The van der Waals surface area contributed by atoms with Gasteiger partial charge in [0.25, 0.3) is 0 Å². The van der Waals surface area contributed by atoms with Gasteiger partial charge < -0.3 is 9.64 Å². The van der Waals surface area contributed by atoms with Crippen LogP contribution in [-0.4, -0.2) is 37.9 Å². The number of hydrogen-bond donors (Lipinski definition) is 0. The highest BCUT2D eigenvalue weighted by molar-refractivity contribution is 6.32. The molecule has 120 valence electrons. The zero-order chi connectivity index (χ0) is 16.4. The lowest BCUT2D eigenvalue weighted by Crippen LogP contribution is -2.26. The van der Waals surface area contributed by atoms with E-state index < -0.39 is 0 Å². The number of carbonyl (C=O) groups excluding carboxylic acids is 1. The van der Waals surface area contributed by atoms with E-state index in [0.717, 1.165) is 42.6 Å². The summed E-state index contributed by atoms with van der Waals surface area (Å²) in [7, 11) is 3.68. The van der Waals surface area contributed by atoms with Crippen LogP contribution in [0.2, 0.25) is 5.02 Å². The van der Waals surface area contributed by atoms with Crippen LogP contribution < -0.4 is 4.74 Å². The maximum Gasteiger partial charge on any atom is 0.193 e. The summed E-state index contributed by atoms with van der Waals surface area (Å²) in [6, 6.07) is 11.5. The monoisotopic (exact) mass is 329 g/mol. The van der Waals surface area contributed by atoms with E-state index in [-0.39, 0.29) is 5.78 Å². The van der Waals surface area contributed by atoms with Crippen LogP contribution in [0.15, 0.2) is 36.4 Å². The summed E-state index contributed by atoms with van der Waals surface area (Å²) in [6.45, 7) is 1.83. The molecule has 1 heterocycles. The first-order valence-electron chi connectivity index (χ1n) is 7.77. The highest BCUT2D eigenvalue weighted by Gasteiger charge is 2.21. The molecule has 3 rings (SSSR count). The fourth-order valence-electron chi connectivity index (χ4n) is 3.01. The first kappa shape index (κ1) is 16.0. The lowest BCUT2D eigenvalue weighted by molar-refractivity contribution is 0.103. The normalized spacial score (nSPS) is 15.7. The Morgan fingerprint density at radius 1 is 1.04 bits per heavy atom. The number of fused-ring (bicyclic) bond motifs is 2. The number of likely N-dealkylation sites (N-methyl/N-ethyl adjacent to an activating group) is 1. The van der Waals surface area contributed by atoms with Crippen molar-refractivity contribution in [2.75, 3.05) is 27.2 Å². The predicted molar refractivity (Wildman–Crippen MR) is 92.8 cm³/mol. The third kappa shape index (κ3) is 3.26. The van der Waals surface area contributed by atoms with E-state index in [1.165, 1.54) is 0 Å². The summed E-state index contributed by atoms with van der Waals surface area (Å²) >= 11 is 6.26. The first-order valence-corrected chi connectivity index (χ1v) is 8.15. The molecule has 0 saturated heterocycles. The average molecular weight is 330 g/mol. The van der Waals surface area contributed by atoms with Crippen LogP contribution in [0.5, 0.6) is 5.75 Å². The third-order valence-electron chi connectivity index (χ3n) is 4.41. The van der Waals surface area contributed by atoms with E-state index in [1.54, 1.807) is 13.2 Å². The molecule has 0 bridgehead atoms. The zero-order valence-electron chi connectivity index (χ0n) is 13.4. The molecule has 3 nitrogen and oxygen atoms in total. The van der Waals surface area contributed by atoms with Gasteiger partial charge in [-0.05, 0) is 43.1 Å². The van der Waals surface area contributed by atoms with Crippen molar-refractivity contribution < 1.29 is 9.53 Å². The van der Waals surface area contributed by atoms with E-state index in [0.29, 0.717) is 16.3 Å². The highest BCUT2D eigenvalue weighted by Crippen LogP contribution is 2.31.